The molecule has 0 aliphatic heterocycles. The summed E-state index contributed by atoms with van der Waals surface area (Å²) in [6.07, 6.45) is 1.47. The summed E-state index contributed by atoms with van der Waals surface area (Å²) in [5, 5.41) is 0. The average molecular weight is 300 g/mol. The van der Waals surface area contributed by atoms with Gasteiger partial charge in [0.2, 0.25) is 15.9 Å². The molecule has 0 spiro atoms. The van der Waals surface area contributed by atoms with Crippen LogP contribution in [0.1, 0.15) is 19.5 Å². The van der Waals surface area contributed by atoms with Crippen LogP contribution >= 0.6 is 0 Å². The number of carbonyl (C=O) groups excluding carboxylic acids is 1. The van der Waals surface area contributed by atoms with Gasteiger partial charge in [0, 0.05) is 25.8 Å². The molecule has 0 fully saturated rings. The van der Waals surface area contributed by atoms with Crippen LogP contribution in [0.4, 0.5) is 0 Å². The number of pyridine rings is 1. The molecule has 1 rings (SSSR count). The van der Waals surface area contributed by atoms with E-state index in [2.05, 4.69) is 9.71 Å². The van der Waals surface area contributed by atoms with Gasteiger partial charge in [-0.1, -0.05) is 0 Å². The first-order valence-electron chi connectivity index (χ1n) is 6.37. The second-order valence-corrected chi connectivity index (χ2v) is 5.78. The average Bonchev–Trinajstić information content (AvgIpc) is 2.46. The zero-order chi connectivity index (χ0) is 15.2. The van der Waals surface area contributed by atoms with Gasteiger partial charge < -0.3 is 10.6 Å². The summed E-state index contributed by atoms with van der Waals surface area (Å²) in [5.41, 5.74) is 5.74. The molecule has 1 aromatic heterocycles. The smallest absolute Gasteiger partial charge is 0.242 e. The third kappa shape index (κ3) is 3.99. The Balaban J connectivity index is 2.83. The molecule has 0 atom stereocenters. The number of carbonyl (C=O) groups is 1. The molecule has 1 amide bonds. The molecule has 8 heteroatoms. The second kappa shape index (κ2) is 7.32. The van der Waals surface area contributed by atoms with Gasteiger partial charge in [-0.25, -0.2) is 13.1 Å². The summed E-state index contributed by atoms with van der Waals surface area (Å²) in [5.74, 6) is -0.267. The third-order valence-corrected chi connectivity index (χ3v) is 4.34. The van der Waals surface area contributed by atoms with Crippen LogP contribution in [0.5, 0.6) is 0 Å². The van der Waals surface area contributed by atoms with E-state index in [1.54, 1.807) is 4.90 Å². The molecule has 7 nitrogen and oxygen atoms in total. The van der Waals surface area contributed by atoms with Crippen LogP contribution < -0.4 is 10.5 Å². The molecule has 0 aliphatic carbocycles. The topological polar surface area (TPSA) is 105 Å². The lowest BCUT2D eigenvalue weighted by Crippen LogP contribution is -2.40. The van der Waals surface area contributed by atoms with E-state index in [1.807, 2.05) is 13.8 Å². The van der Waals surface area contributed by atoms with E-state index < -0.39 is 10.0 Å². The number of hydrogen-bond acceptors (Lipinski definition) is 5. The highest BCUT2D eigenvalue weighted by atomic mass is 32.2. The van der Waals surface area contributed by atoms with Crippen LogP contribution in [-0.4, -0.2) is 43.8 Å². The first-order chi connectivity index (χ1) is 9.46. The van der Waals surface area contributed by atoms with Crippen molar-refractivity contribution < 1.29 is 13.2 Å². The standard InChI is InChI=1S/C12H20N4O3S/c1-3-16(4-2)12(17)9-15-20(18,19)11-6-5-7-14-10(11)8-13/h5-7,15H,3-4,8-9,13H2,1-2H3. The van der Waals surface area contributed by atoms with Crippen LogP contribution in [0.2, 0.25) is 0 Å². The first-order valence-corrected chi connectivity index (χ1v) is 7.86. The highest BCUT2D eigenvalue weighted by Crippen LogP contribution is 2.11. The zero-order valence-corrected chi connectivity index (χ0v) is 12.5. The van der Waals surface area contributed by atoms with Crippen LogP contribution in [0.15, 0.2) is 23.2 Å². The normalized spacial score (nSPS) is 11.3. The van der Waals surface area contributed by atoms with Crippen molar-refractivity contribution in [1.82, 2.24) is 14.6 Å². The molecule has 0 radical (unpaired) electrons. The van der Waals surface area contributed by atoms with E-state index in [4.69, 9.17) is 5.73 Å². The maximum absolute atomic E-state index is 12.1. The summed E-state index contributed by atoms with van der Waals surface area (Å²) >= 11 is 0. The minimum absolute atomic E-state index is 0.00912. The highest BCUT2D eigenvalue weighted by Gasteiger charge is 2.20. The number of amides is 1. The van der Waals surface area contributed by atoms with Crippen LogP contribution in [0, 0.1) is 0 Å². The molecule has 1 aromatic rings. The number of nitrogens with zero attached hydrogens (tertiary/aromatic N) is 2. The summed E-state index contributed by atoms with van der Waals surface area (Å²) in [6, 6.07) is 2.93. The molecular formula is C12H20N4O3S. The molecule has 0 bridgehead atoms. The Kier molecular flexibility index (Phi) is 6.05. The van der Waals surface area contributed by atoms with Crippen molar-refractivity contribution in [2.75, 3.05) is 19.6 Å². The van der Waals surface area contributed by atoms with Crippen LogP contribution in [-0.2, 0) is 21.4 Å². The predicted octanol–water partition coefficient (Wildman–Crippen LogP) is -0.313. The predicted molar refractivity (Wildman–Crippen MR) is 75.2 cm³/mol. The van der Waals surface area contributed by atoms with Gasteiger partial charge in [0.05, 0.1) is 12.2 Å². The lowest BCUT2D eigenvalue weighted by molar-refractivity contribution is -0.129. The lowest BCUT2D eigenvalue weighted by Gasteiger charge is -2.19. The van der Waals surface area contributed by atoms with Gasteiger partial charge >= 0.3 is 0 Å². The van der Waals surface area contributed by atoms with Crippen molar-refractivity contribution in [3.63, 3.8) is 0 Å². The molecule has 0 aliphatic rings. The number of hydrogen-bond donors (Lipinski definition) is 2. The van der Waals surface area contributed by atoms with E-state index >= 15 is 0 Å². The summed E-state index contributed by atoms with van der Waals surface area (Å²) in [7, 11) is -3.79. The quantitative estimate of drug-likeness (QED) is 0.718. The Morgan fingerprint density at radius 1 is 1.40 bits per heavy atom. The fourth-order valence-corrected chi connectivity index (χ4v) is 2.92. The van der Waals surface area contributed by atoms with Crippen molar-refractivity contribution >= 4 is 15.9 Å². The highest BCUT2D eigenvalue weighted by molar-refractivity contribution is 7.89. The molecule has 20 heavy (non-hydrogen) atoms. The van der Waals surface area contributed by atoms with Crippen molar-refractivity contribution in [2.45, 2.75) is 25.3 Å². The number of nitrogens with two attached hydrogens (primary N) is 1. The number of likely N-dealkylation sites (N-methyl/N-ethyl adjacent to an activating group) is 1. The van der Waals surface area contributed by atoms with Crippen molar-refractivity contribution in [3.8, 4) is 0 Å². The zero-order valence-electron chi connectivity index (χ0n) is 11.7. The van der Waals surface area contributed by atoms with Gasteiger partial charge in [-0.15, -0.1) is 0 Å². The molecule has 1 heterocycles. The molecular weight excluding hydrogens is 280 g/mol. The van der Waals surface area contributed by atoms with Crippen molar-refractivity contribution in [3.05, 3.63) is 24.0 Å². The minimum Gasteiger partial charge on any atom is -0.342 e. The number of rotatable bonds is 7. The Bertz CT molecular complexity index is 556. The first kappa shape index (κ1) is 16.5. The monoisotopic (exact) mass is 300 g/mol. The number of nitrogens with one attached hydrogen (secondary N) is 1. The SMILES string of the molecule is CCN(CC)C(=O)CNS(=O)(=O)c1cccnc1CN. The summed E-state index contributed by atoms with van der Waals surface area (Å²) < 4.78 is 26.6. The molecule has 0 saturated carbocycles. The van der Waals surface area contributed by atoms with Gasteiger partial charge in [0.15, 0.2) is 0 Å². The Hall–Kier alpha value is -1.51. The largest absolute Gasteiger partial charge is 0.342 e. The van der Waals surface area contributed by atoms with Gasteiger partial charge in [-0.05, 0) is 26.0 Å². The van der Waals surface area contributed by atoms with Crippen molar-refractivity contribution in [1.29, 1.82) is 0 Å². The molecule has 3 N–H and O–H groups in total. The summed E-state index contributed by atoms with van der Waals surface area (Å²) in [6.45, 7) is 4.49. The Morgan fingerprint density at radius 2 is 2.05 bits per heavy atom. The molecule has 0 aromatic carbocycles. The van der Waals surface area contributed by atoms with E-state index in [9.17, 15) is 13.2 Å². The van der Waals surface area contributed by atoms with Gasteiger partial charge in [-0.3, -0.25) is 9.78 Å². The third-order valence-electron chi connectivity index (χ3n) is 2.86. The fraction of sp³-hybridized carbons (Fsp3) is 0.500. The lowest BCUT2D eigenvalue weighted by atomic mass is 10.3. The molecule has 112 valence electrons. The summed E-state index contributed by atoms with van der Waals surface area (Å²) in [4.78, 5) is 17.3. The van der Waals surface area contributed by atoms with E-state index in [0.29, 0.717) is 13.1 Å². The second-order valence-electron chi connectivity index (χ2n) is 4.04. The minimum atomic E-state index is -3.79. The van der Waals surface area contributed by atoms with Gasteiger partial charge in [-0.2, -0.15) is 0 Å². The van der Waals surface area contributed by atoms with Crippen molar-refractivity contribution in [2.24, 2.45) is 5.73 Å². The number of aromatic nitrogens is 1. The van der Waals surface area contributed by atoms with Crippen LogP contribution in [0.3, 0.4) is 0 Å². The van der Waals surface area contributed by atoms with Gasteiger partial charge in [0.1, 0.15) is 4.90 Å². The maximum Gasteiger partial charge on any atom is 0.242 e. The molecule has 0 saturated heterocycles. The van der Waals surface area contributed by atoms with E-state index in [-0.39, 0.29) is 29.6 Å². The fourth-order valence-electron chi connectivity index (χ4n) is 1.74. The van der Waals surface area contributed by atoms with Crippen LogP contribution in [0.25, 0.3) is 0 Å². The molecule has 0 unspecified atom stereocenters. The Labute approximate surface area is 119 Å². The van der Waals surface area contributed by atoms with Gasteiger partial charge in [0.25, 0.3) is 0 Å². The Morgan fingerprint density at radius 3 is 2.60 bits per heavy atom. The number of sulfonamides is 1. The maximum atomic E-state index is 12.1. The van der Waals surface area contributed by atoms with E-state index in [1.165, 1.54) is 18.3 Å². The van der Waals surface area contributed by atoms with E-state index in [0.717, 1.165) is 0 Å².